The molecule has 1 atom stereocenters. The highest BCUT2D eigenvalue weighted by atomic mass is 16.6. The van der Waals surface area contributed by atoms with E-state index in [9.17, 15) is 0 Å². The quantitative estimate of drug-likeness (QED) is 0.531. The minimum absolute atomic E-state index is 0.664. The lowest BCUT2D eigenvalue weighted by molar-refractivity contribution is 0.0511. The molecule has 9 heavy (non-hydrogen) atoms. The van der Waals surface area contributed by atoms with Crippen LogP contribution in [0.5, 0.6) is 0 Å². The summed E-state index contributed by atoms with van der Waals surface area (Å²) in [5.41, 5.74) is 3.78. The molecule has 1 unspecified atom stereocenters. The van der Waals surface area contributed by atoms with E-state index >= 15 is 0 Å². The van der Waals surface area contributed by atoms with Crippen LogP contribution < -0.4 is 5.48 Å². The SMILES string of the molecule is C=C1CCC(C)CON1. The minimum atomic E-state index is 0.664. The fourth-order valence-electron chi connectivity index (χ4n) is 0.841. The van der Waals surface area contributed by atoms with Crippen molar-refractivity contribution in [3.05, 3.63) is 12.3 Å². The van der Waals surface area contributed by atoms with E-state index < -0.39 is 0 Å². The van der Waals surface area contributed by atoms with Gasteiger partial charge in [0, 0.05) is 5.70 Å². The van der Waals surface area contributed by atoms with Crippen LogP contribution in [0.25, 0.3) is 0 Å². The Morgan fingerprint density at radius 3 is 3.33 bits per heavy atom. The Labute approximate surface area is 55.9 Å². The van der Waals surface area contributed by atoms with Gasteiger partial charge in [0.2, 0.25) is 0 Å². The number of allylic oxidation sites excluding steroid dienone is 1. The fourth-order valence-corrected chi connectivity index (χ4v) is 0.841. The monoisotopic (exact) mass is 127 g/mol. The molecule has 1 rings (SSSR count). The van der Waals surface area contributed by atoms with Crippen LogP contribution in [0, 0.1) is 5.92 Å². The molecule has 1 fully saturated rings. The topological polar surface area (TPSA) is 21.3 Å². The predicted octanol–water partition coefficient (Wildman–Crippen LogP) is 1.45. The van der Waals surface area contributed by atoms with Crippen molar-refractivity contribution in [1.82, 2.24) is 5.48 Å². The number of hydrogen-bond donors (Lipinski definition) is 1. The highest BCUT2D eigenvalue weighted by Crippen LogP contribution is 2.12. The summed E-state index contributed by atoms with van der Waals surface area (Å²) in [5.74, 6) is 0.664. The van der Waals surface area contributed by atoms with Gasteiger partial charge in [0.25, 0.3) is 0 Å². The van der Waals surface area contributed by atoms with E-state index in [1.54, 1.807) is 0 Å². The molecule has 1 heterocycles. The Bertz CT molecular complexity index is 111. The average Bonchev–Trinajstić information content (AvgIpc) is 1.97. The van der Waals surface area contributed by atoms with E-state index in [2.05, 4.69) is 19.0 Å². The summed E-state index contributed by atoms with van der Waals surface area (Å²) in [6.45, 7) is 6.76. The summed E-state index contributed by atoms with van der Waals surface area (Å²) in [4.78, 5) is 5.07. The van der Waals surface area contributed by atoms with Gasteiger partial charge in [-0.3, -0.25) is 10.3 Å². The summed E-state index contributed by atoms with van der Waals surface area (Å²) in [5, 5.41) is 0. The molecule has 0 aliphatic carbocycles. The smallest absolute Gasteiger partial charge is 0.0771 e. The summed E-state index contributed by atoms with van der Waals surface area (Å²) < 4.78 is 0. The zero-order valence-electron chi connectivity index (χ0n) is 5.81. The van der Waals surface area contributed by atoms with Gasteiger partial charge in [-0.05, 0) is 18.8 Å². The van der Waals surface area contributed by atoms with Gasteiger partial charge in [-0.25, -0.2) is 0 Å². The van der Waals surface area contributed by atoms with Crippen molar-refractivity contribution in [3.8, 4) is 0 Å². The van der Waals surface area contributed by atoms with Crippen molar-refractivity contribution in [1.29, 1.82) is 0 Å². The van der Waals surface area contributed by atoms with Gasteiger partial charge >= 0.3 is 0 Å². The lowest BCUT2D eigenvalue weighted by atomic mass is 10.1. The first kappa shape index (κ1) is 6.62. The Morgan fingerprint density at radius 2 is 2.56 bits per heavy atom. The van der Waals surface area contributed by atoms with Crippen LogP contribution in [-0.2, 0) is 4.84 Å². The second kappa shape index (κ2) is 2.87. The first-order valence-electron chi connectivity index (χ1n) is 3.34. The molecule has 0 aromatic rings. The van der Waals surface area contributed by atoms with Crippen molar-refractivity contribution in [2.75, 3.05) is 6.61 Å². The van der Waals surface area contributed by atoms with Crippen LogP contribution in [-0.4, -0.2) is 6.61 Å². The van der Waals surface area contributed by atoms with E-state index in [0.717, 1.165) is 18.7 Å². The van der Waals surface area contributed by atoms with Gasteiger partial charge < -0.3 is 0 Å². The van der Waals surface area contributed by atoms with Crippen molar-refractivity contribution in [2.24, 2.45) is 5.92 Å². The minimum Gasteiger partial charge on any atom is -0.276 e. The summed E-state index contributed by atoms with van der Waals surface area (Å²) in [7, 11) is 0. The van der Waals surface area contributed by atoms with Crippen molar-refractivity contribution < 1.29 is 4.84 Å². The molecule has 0 saturated carbocycles. The van der Waals surface area contributed by atoms with Crippen LogP contribution in [0.1, 0.15) is 19.8 Å². The summed E-state index contributed by atoms with van der Waals surface area (Å²) in [6, 6.07) is 0. The summed E-state index contributed by atoms with van der Waals surface area (Å²) in [6.07, 6.45) is 2.23. The van der Waals surface area contributed by atoms with Gasteiger partial charge in [0.1, 0.15) is 0 Å². The molecule has 1 aliphatic heterocycles. The first-order valence-corrected chi connectivity index (χ1v) is 3.34. The second-order valence-electron chi connectivity index (χ2n) is 2.66. The first-order chi connectivity index (χ1) is 4.29. The number of rotatable bonds is 0. The predicted molar refractivity (Wildman–Crippen MR) is 36.6 cm³/mol. The Kier molecular flexibility index (Phi) is 2.11. The third-order valence-corrected chi connectivity index (χ3v) is 1.52. The maximum Gasteiger partial charge on any atom is 0.0771 e. The molecule has 0 aromatic heterocycles. The number of hydroxylamine groups is 1. The molecule has 1 N–H and O–H groups in total. The molecule has 0 spiro atoms. The van der Waals surface area contributed by atoms with E-state index in [1.807, 2.05) is 0 Å². The van der Waals surface area contributed by atoms with Crippen molar-refractivity contribution in [3.63, 3.8) is 0 Å². The van der Waals surface area contributed by atoms with Gasteiger partial charge in [-0.2, -0.15) is 0 Å². The zero-order chi connectivity index (χ0) is 6.69. The Morgan fingerprint density at radius 1 is 1.78 bits per heavy atom. The van der Waals surface area contributed by atoms with E-state index in [0.29, 0.717) is 5.92 Å². The molecular weight excluding hydrogens is 114 g/mol. The van der Waals surface area contributed by atoms with Crippen LogP contribution in [0.3, 0.4) is 0 Å². The third-order valence-electron chi connectivity index (χ3n) is 1.52. The highest BCUT2D eigenvalue weighted by molar-refractivity contribution is 4.88. The van der Waals surface area contributed by atoms with Crippen LogP contribution in [0.15, 0.2) is 12.3 Å². The molecule has 1 saturated heterocycles. The lowest BCUT2D eigenvalue weighted by Crippen LogP contribution is -2.12. The van der Waals surface area contributed by atoms with E-state index in [4.69, 9.17) is 4.84 Å². The largest absolute Gasteiger partial charge is 0.276 e. The lowest BCUT2D eigenvalue weighted by Gasteiger charge is -2.02. The molecule has 2 nitrogen and oxygen atoms in total. The molecular formula is C7H13NO. The third kappa shape index (κ3) is 2.06. The molecule has 1 aliphatic rings. The zero-order valence-corrected chi connectivity index (χ0v) is 5.81. The Balaban J connectivity index is 2.34. The molecule has 0 amide bonds. The fraction of sp³-hybridized carbons (Fsp3) is 0.714. The highest BCUT2D eigenvalue weighted by Gasteiger charge is 2.07. The summed E-state index contributed by atoms with van der Waals surface area (Å²) >= 11 is 0. The van der Waals surface area contributed by atoms with Gasteiger partial charge in [0.15, 0.2) is 0 Å². The number of hydrogen-bond acceptors (Lipinski definition) is 2. The normalized spacial score (nSPS) is 29.0. The maximum absolute atomic E-state index is 5.07. The van der Waals surface area contributed by atoms with Crippen molar-refractivity contribution in [2.45, 2.75) is 19.8 Å². The molecule has 0 aromatic carbocycles. The average molecular weight is 127 g/mol. The van der Waals surface area contributed by atoms with Gasteiger partial charge in [-0.15, -0.1) is 0 Å². The Hall–Kier alpha value is -0.500. The molecule has 0 bridgehead atoms. The molecule has 2 heteroatoms. The van der Waals surface area contributed by atoms with E-state index in [1.165, 1.54) is 6.42 Å². The van der Waals surface area contributed by atoms with Gasteiger partial charge in [-0.1, -0.05) is 13.5 Å². The van der Waals surface area contributed by atoms with Crippen LogP contribution in [0.2, 0.25) is 0 Å². The van der Waals surface area contributed by atoms with Crippen LogP contribution in [0.4, 0.5) is 0 Å². The van der Waals surface area contributed by atoms with E-state index in [-0.39, 0.29) is 0 Å². The maximum atomic E-state index is 5.07. The molecule has 52 valence electrons. The van der Waals surface area contributed by atoms with Crippen LogP contribution >= 0.6 is 0 Å². The standard InChI is InChI=1S/C7H13NO/c1-6-3-4-7(2)8-9-5-6/h6,8H,2-5H2,1H3. The second-order valence-corrected chi connectivity index (χ2v) is 2.66. The number of nitrogens with one attached hydrogen (secondary N) is 1. The van der Waals surface area contributed by atoms with Gasteiger partial charge in [0.05, 0.1) is 6.61 Å². The van der Waals surface area contributed by atoms with Crippen molar-refractivity contribution >= 4 is 0 Å². The molecule has 0 radical (unpaired) electrons.